The number of rotatable bonds is 4. The maximum atomic E-state index is 2.68. The van der Waals surface area contributed by atoms with Crippen LogP contribution in [0, 0.1) is 0 Å². The zero-order valence-electron chi connectivity index (χ0n) is 29.4. The first kappa shape index (κ1) is 29.6. The van der Waals surface area contributed by atoms with Crippen LogP contribution < -0.4 is 9.80 Å². The second-order valence-electron chi connectivity index (χ2n) is 15.5. The topological polar surface area (TPSA) is 6.48 Å². The van der Waals surface area contributed by atoms with E-state index < -0.39 is 0 Å². The lowest BCUT2D eigenvalue weighted by molar-refractivity contribution is 0.195. The van der Waals surface area contributed by atoms with Crippen molar-refractivity contribution >= 4 is 60.2 Å². The predicted molar refractivity (Wildman–Crippen MR) is 216 cm³/mol. The Morgan fingerprint density at radius 3 is 1.94 bits per heavy atom. The van der Waals surface area contributed by atoms with Crippen LogP contribution >= 0.6 is 0 Å². The number of benzene rings is 8. The van der Waals surface area contributed by atoms with Crippen molar-refractivity contribution in [3.63, 3.8) is 0 Å². The van der Waals surface area contributed by atoms with E-state index in [2.05, 4.69) is 171 Å². The molecule has 8 aromatic rings. The van der Waals surface area contributed by atoms with Crippen LogP contribution in [-0.4, -0.2) is 19.6 Å². The molecule has 1 aliphatic heterocycles. The molecule has 2 aliphatic rings. The summed E-state index contributed by atoms with van der Waals surface area (Å²) in [6.07, 6.45) is 4.96. The maximum absolute atomic E-state index is 2.68. The van der Waals surface area contributed by atoms with Crippen LogP contribution in [0.5, 0.6) is 0 Å². The van der Waals surface area contributed by atoms with Gasteiger partial charge in [-0.15, -0.1) is 0 Å². The Hall–Kier alpha value is -5.34. The van der Waals surface area contributed by atoms with Gasteiger partial charge in [-0.1, -0.05) is 117 Å². The first-order valence-corrected chi connectivity index (χ1v) is 18.3. The largest absolute Gasteiger partial charge is 0.378 e. The van der Waals surface area contributed by atoms with Crippen LogP contribution in [0.15, 0.2) is 133 Å². The lowest BCUT2D eigenvalue weighted by Gasteiger charge is -2.50. The fourth-order valence-electron chi connectivity index (χ4n) is 9.95. The van der Waals surface area contributed by atoms with Gasteiger partial charge in [-0.3, -0.25) is 0 Å². The number of nitrogens with zero attached hydrogens (tertiary/aromatic N) is 2. The van der Waals surface area contributed by atoms with E-state index in [0.29, 0.717) is 0 Å². The third-order valence-corrected chi connectivity index (χ3v) is 12.8. The van der Waals surface area contributed by atoms with E-state index in [1.165, 1.54) is 114 Å². The van der Waals surface area contributed by atoms with Crippen molar-refractivity contribution in [1.29, 1.82) is 0 Å². The summed E-state index contributed by atoms with van der Waals surface area (Å²) in [7, 11) is 4.23. The molecule has 0 bridgehead atoms. The van der Waals surface area contributed by atoms with Crippen LogP contribution in [-0.2, 0) is 5.41 Å². The van der Waals surface area contributed by atoms with Crippen LogP contribution in [0.2, 0.25) is 0 Å². The van der Waals surface area contributed by atoms with Gasteiger partial charge in [-0.05, 0) is 127 Å². The Kier molecular flexibility index (Phi) is 6.26. The third kappa shape index (κ3) is 3.96. The number of hydrogen-bond donors (Lipinski definition) is 0. The summed E-state index contributed by atoms with van der Waals surface area (Å²) in [6.45, 7) is 5.07. The SMILES string of the molecule is CN(C)c1ccc(N2c3ccc(-c4ccc5ccc6c(-c7cccc8ccccc78)ccc7ccc4c5c76)cc3C3(C)CCCCC23C)cc1. The monoisotopic (exact) mass is 646 g/mol. The Bertz CT molecular complexity index is 2610. The van der Waals surface area contributed by atoms with Gasteiger partial charge >= 0.3 is 0 Å². The molecule has 0 spiro atoms. The molecule has 0 saturated heterocycles. The van der Waals surface area contributed by atoms with Gasteiger partial charge in [0.25, 0.3) is 0 Å². The highest BCUT2D eigenvalue weighted by atomic mass is 15.3. The Balaban J connectivity index is 1.17. The number of anilines is 3. The quantitative estimate of drug-likeness (QED) is 0.176. The molecule has 0 N–H and O–H groups in total. The third-order valence-electron chi connectivity index (χ3n) is 12.8. The maximum Gasteiger partial charge on any atom is 0.0517 e. The lowest BCUT2D eigenvalue weighted by atomic mass is 9.61. The summed E-state index contributed by atoms with van der Waals surface area (Å²) in [5.74, 6) is 0. The van der Waals surface area contributed by atoms with Crippen LogP contribution in [0.1, 0.15) is 45.1 Å². The Labute approximate surface area is 294 Å². The van der Waals surface area contributed by atoms with Gasteiger partial charge in [0.15, 0.2) is 0 Å². The summed E-state index contributed by atoms with van der Waals surface area (Å²) in [6, 6.07) is 50.8. The smallest absolute Gasteiger partial charge is 0.0517 e. The van der Waals surface area contributed by atoms with Gasteiger partial charge in [0.05, 0.1) is 5.54 Å². The summed E-state index contributed by atoms with van der Waals surface area (Å²) < 4.78 is 0. The van der Waals surface area contributed by atoms with E-state index in [-0.39, 0.29) is 11.0 Å². The highest BCUT2D eigenvalue weighted by Gasteiger charge is 2.57. The molecule has 2 heteroatoms. The van der Waals surface area contributed by atoms with Gasteiger partial charge in [0, 0.05) is 36.6 Å². The molecule has 1 saturated carbocycles. The van der Waals surface area contributed by atoms with Crippen molar-refractivity contribution in [2.45, 2.75) is 50.5 Å². The second kappa shape index (κ2) is 10.6. The summed E-state index contributed by atoms with van der Waals surface area (Å²) in [5.41, 5.74) is 10.7. The van der Waals surface area contributed by atoms with E-state index in [4.69, 9.17) is 0 Å². The Morgan fingerprint density at radius 1 is 0.540 bits per heavy atom. The molecular formula is C48H42N2. The summed E-state index contributed by atoms with van der Waals surface area (Å²) in [5, 5.41) is 10.6. The minimum atomic E-state index is 0.0203. The second-order valence-corrected chi connectivity index (χ2v) is 15.5. The van der Waals surface area contributed by atoms with Crippen LogP contribution in [0.3, 0.4) is 0 Å². The van der Waals surface area contributed by atoms with E-state index in [1.54, 1.807) is 0 Å². The van der Waals surface area contributed by atoms with Crippen molar-refractivity contribution in [2.24, 2.45) is 0 Å². The van der Waals surface area contributed by atoms with Gasteiger partial charge in [-0.2, -0.15) is 0 Å². The van der Waals surface area contributed by atoms with Crippen molar-refractivity contribution in [3.05, 3.63) is 139 Å². The van der Waals surface area contributed by atoms with Gasteiger partial charge < -0.3 is 9.80 Å². The standard InChI is InChI=1S/C48H42N2/c1-47-28-7-8-29-48(47,2)50(36-21-19-35(20-22-36)49(3)4)44-27-18-34(30-43(44)47)38-23-14-32-17-26-42-40(24-15-33-16-25-41(38)45(32)46(33)42)39-13-9-11-31-10-5-6-12-37(31)39/h5-6,9-27,30H,7-8,28-29H2,1-4H3. The van der Waals surface area contributed by atoms with Gasteiger partial charge in [-0.25, -0.2) is 0 Å². The molecule has 244 valence electrons. The lowest BCUT2D eigenvalue weighted by Crippen LogP contribution is -2.54. The first-order valence-electron chi connectivity index (χ1n) is 18.3. The van der Waals surface area contributed by atoms with Crippen molar-refractivity contribution in [2.75, 3.05) is 23.9 Å². The van der Waals surface area contributed by atoms with E-state index in [0.717, 1.165) is 0 Å². The van der Waals surface area contributed by atoms with Crippen LogP contribution in [0.4, 0.5) is 17.1 Å². The highest BCUT2D eigenvalue weighted by Crippen LogP contribution is 2.61. The molecule has 0 aromatic heterocycles. The molecule has 50 heavy (non-hydrogen) atoms. The molecule has 2 nitrogen and oxygen atoms in total. The van der Waals surface area contributed by atoms with Crippen LogP contribution in [0.25, 0.3) is 65.3 Å². The molecule has 1 aliphatic carbocycles. The predicted octanol–water partition coefficient (Wildman–Crippen LogP) is 12.9. The fourth-order valence-corrected chi connectivity index (χ4v) is 9.95. The molecule has 1 fully saturated rings. The zero-order valence-corrected chi connectivity index (χ0v) is 29.4. The van der Waals surface area contributed by atoms with E-state index in [9.17, 15) is 0 Å². The fraction of sp³-hybridized carbons (Fsp3) is 0.208. The van der Waals surface area contributed by atoms with Gasteiger partial charge in [0.2, 0.25) is 0 Å². The zero-order chi connectivity index (χ0) is 33.8. The highest BCUT2D eigenvalue weighted by molar-refractivity contribution is 6.28. The van der Waals surface area contributed by atoms with Crippen molar-refractivity contribution in [3.8, 4) is 22.3 Å². The van der Waals surface area contributed by atoms with E-state index in [1.807, 2.05) is 0 Å². The van der Waals surface area contributed by atoms with Gasteiger partial charge in [0.1, 0.15) is 0 Å². The average Bonchev–Trinajstić information content (AvgIpc) is 3.36. The number of hydrogen-bond acceptors (Lipinski definition) is 2. The van der Waals surface area contributed by atoms with E-state index >= 15 is 0 Å². The molecule has 0 radical (unpaired) electrons. The molecule has 2 unspecified atom stereocenters. The first-order chi connectivity index (χ1) is 24.4. The van der Waals surface area contributed by atoms with Crippen molar-refractivity contribution < 1.29 is 0 Å². The molecule has 10 rings (SSSR count). The van der Waals surface area contributed by atoms with Crippen molar-refractivity contribution in [1.82, 2.24) is 0 Å². The Morgan fingerprint density at radius 2 is 1.18 bits per heavy atom. The number of fused-ring (bicyclic) bond motifs is 4. The molecule has 2 atom stereocenters. The normalized spacial score (nSPS) is 20.2. The molecule has 0 amide bonds. The minimum Gasteiger partial charge on any atom is -0.378 e. The molecule has 8 aromatic carbocycles. The summed E-state index contributed by atoms with van der Waals surface area (Å²) >= 11 is 0. The molecule has 1 heterocycles. The summed E-state index contributed by atoms with van der Waals surface area (Å²) in [4.78, 5) is 4.87. The molecular weight excluding hydrogens is 605 g/mol. The average molecular weight is 647 g/mol. The minimum absolute atomic E-state index is 0.0203.